The lowest BCUT2D eigenvalue weighted by atomic mass is 10.1. The van der Waals surface area contributed by atoms with Crippen LogP contribution in [0.4, 0.5) is 15.8 Å². The van der Waals surface area contributed by atoms with Gasteiger partial charge in [-0.2, -0.15) is 0 Å². The number of ether oxygens (including phenoxy) is 2. The number of hydrogen-bond acceptors (Lipinski definition) is 4. The zero-order valence-corrected chi connectivity index (χ0v) is 17.8. The van der Waals surface area contributed by atoms with E-state index >= 15 is 0 Å². The van der Waals surface area contributed by atoms with Crippen molar-refractivity contribution in [1.29, 1.82) is 0 Å². The zero-order chi connectivity index (χ0) is 21.5. The minimum atomic E-state index is -0.436. The highest BCUT2D eigenvalue weighted by Crippen LogP contribution is 2.32. The number of benzene rings is 2. The average molecular weight is 413 g/mol. The quantitative estimate of drug-likeness (QED) is 0.612. The van der Waals surface area contributed by atoms with Gasteiger partial charge >= 0.3 is 0 Å². The Morgan fingerprint density at radius 2 is 1.97 bits per heavy atom. The van der Waals surface area contributed by atoms with Crippen LogP contribution in [-0.4, -0.2) is 32.7 Å². The van der Waals surface area contributed by atoms with E-state index < -0.39 is 5.82 Å². The van der Waals surface area contributed by atoms with E-state index in [1.807, 2.05) is 18.2 Å². The molecule has 160 valence electrons. The van der Waals surface area contributed by atoms with Gasteiger partial charge in [-0.25, -0.2) is 4.39 Å². The molecule has 0 bridgehead atoms. The van der Waals surface area contributed by atoms with E-state index in [4.69, 9.17) is 9.47 Å². The van der Waals surface area contributed by atoms with E-state index in [0.717, 1.165) is 37.2 Å². The average Bonchev–Trinajstić information content (AvgIpc) is 3.27. The van der Waals surface area contributed by atoms with Gasteiger partial charge in [0.1, 0.15) is 11.5 Å². The van der Waals surface area contributed by atoms with Crippen molar-refractivity contribution in [3.8, 4) is 11.5 Å². The Kier molecular flexibility index (Phi) is 7.33. The Morgan fingerprint density at radius 3 is 2.67 bits per heavy atom. The second kappa shape index (κ2) is 10.1. The van der Waals surface area contributed by atoms with Gasteiger partial charge in [-0.15, -0.1) is 0 Å². The SMILES string of the molecule is COc1cc(/C=C/C(=O)Nc2c(F)cccc2N2CCCC2)ccc1OCC(C)C. The summed E-state index contributed by atoms with van der Waals surface area (Å²) in [6.45, 7) is 6.48. The minimum Gasteiger partial charge on any atom is -0.493 e. The second-order valence-electron chi connectivity index (χ2n) is 7.77. The van der Waals surface area contributed by atoms with Crippen LogP contribution in [0.3, 0.4) is 0 Å². The molecular formula is C24H29FN2O3. The van der Waals surface area contributed by atoms with Gasteiger partial charge in [0, 0.05) is 19.2 Å². The van der Waals surface area contributed by atoms with Crippen LogP contribution >= 0.6 is 0 Å². The summed E-state index contributed by atoms with van der Waals surface area (Å²) in [5, 5.41) is 2.70. The van der Waals surface area contributed by atoms with E-state index in [2.05, 4.69) is 24.1 Å². The molecule has 2 aromatic rings. The summed E-state index contributed by atoms with van der Waals surface area (Å²) in [5.41, 5.74) is 1.74. The molecule has 1 fully saturated rings. The molecule has 1 saturated heterocycles. The van der Waals surface area contributed by atoms with Crippen LogP contribution in [0, 0.1) is 11.7 Å². The number of carbonyl (C=O) groups excluding carboxylic acids is 1. The Balaban J connectivity index is 1.71. The number of halogens is 1. The summed E-state index contributed by atoms with van der Waals surface area (Å²) in [6, 6.07) is 10.3. The molecule has 0 atom stereocenters. The standard InChI is InChI=1S/C24H29FN2O3/c1-17(2)16-30-21-11-9-18(15-22(21)29-3)10-12-23(28)26-24-19(25)7-6-8-20(24)27-13-4-5-14-27/h6-12,15,17H,4-5,13-14,16H2,1-3H3,(H,26,28)/b12-10+. The highest BCUT2D eigenvalue weighted by molar-refractivity contribution is 6.04. The Labute approximate surface area is 177 Å². The third-order valence-electron chi connectivity index (χ3n) is 4.87. The molecule has 1 aliphatic heterocycles. The summed E-state index contributed by atoms with van der Waals surface area (Å²) in [5.74, 6) is 0.842. The summed E-state index contributed by atoms with van der Waals surface area (Å²) >= 11 is 0. The smallest absolute Gasteiger partial charge is 0.248 e. The number of nitrogens with one attached hydrogen (secondary N) is 1. The third kappa shape index (κ3) is 5.53. The minimum absolute atomic E-state index is 0.226. The van der Waals surface area contributed by atoms with Gasteiger partial charge in [-0.1, -0.05) is 26.0 Å². The number of nitrogens with zero attached hydrogens (tertiary/aromatic N) is 1. The maximum Gasteiger partial charge on any atom is 0.248 e. The number of methoxy groups -OCH3 is 1. The molecule has 0 unspecified atom stereocenters. The topological polar surface area (TPSA) is 50.8 Å². The molecule has 1 aliphatic rings. The van der Waals surface area contributed by atoms with Gasteiger partial charge in [0.2, 0.25) is 5.91 Å². The van der Waals surface area contributed by atoms with E-state index in [9.17, 15) is 9.18 Å². The maximum atomic E-state index is 14.4. The number of amides is 1. The van der Waals surface area contributed by atoms with Crippen molar-refractivity contribution in [2.75, 3.05) is 37.0 Å². The van der Waals surface area contributed by atoms with Crippen LogP contribution in [-0.2, 0) is 4.79 Å². The summed E-state index contributed by atoms with van der Waals surface area (Å²) in [4.78, 5) is 14.6. The fourth-order valence-electron chi connectivity index (χ4n) is 3.36. The van der Waals surface area contributed by atoms with E-state index in [0.29, 0.717) is 24.0 Å². The highest BCUT2D eigenvalue weighted by atomic mass is 19.1. The zero-order valence-electron chi connectivity index (χ0n) is 17.8. The monoisotopic (exact) mass is 412 g/mol. The number of para-hydroxylation sites is 1. The van der Waals surface area contributed by atoms with E-state index in [1.54, 1.807) is 25.3 Å². The number of anilines is 2. The van der Waals surface area contributed by atoms with Gasteiger partial charge in [0.05, 0.1) is 19.4 Å². The Bertz CT molecular complexity index is 905. The van der Waals surface area contributed by atoms with Gasteiger partial charge in [-0.3, -0.25) is 4.79 Å². The first-order chi connectivity index (χ1) is 14.5. The first kappa shape index (κ1) is 21.7. The lowest BCUT2D eigenvalue weighted by Crippen LogP contribution is -2.21. The van der Waals surface area contributed by atoms with Gasteiger partial charge < -0.3 is 19.7 Å². The first-order valence-corrected chi connectivity index (χ1v) is 10.3. The molecule has 3 rings (SSSR count). The molecule has 30 heavy (non-hydrogen) atoms. The fourth-order valence-corrected chi connectivity index (χ4v) is 3.36. The summed E-state index contributed by atoms with van der Waals surface area (Å²) in [6.07, 6.45) is 5.20. The van der Waals surface area contributed by atoms with Gasteiger partial charge in [0.25, 0.3) is 0 Å². The van der Waals surface area contributed by atoms with Crippen molar-refractivity contribution >= 4 is 23.4 Å². The second-order valence-corrected chi connectivity index (χ2v) is 7.77. The highest BCUT2D eigenvalue weighted by Gasteiger charge is 2.19. The summed E-state index contributed by atoms with van der Waals surface area (Å²) in [7, 11) is 1.58. The van der Waals surface area contributed by atoms with E-state index in [-0.39, 0.29) is 11.6 Å². The van der Waals surface area contributed by atoms with Crippen LogP contribution in [0.1, 0.15) is 32.3 Å². The predicted octanol–water partition coefficient (Wildman–Crippen LogP) is 5.12. The fraction of sp³-hybridized carbons (Fsp3) is 0.375. The predicted molar refractivity (Wildman–Crippen MR) is 119 cm³/mol. The van der Waals surface area contributed by atoms with Crippen LogP contribution < -0.4 is 19.7 Å². The van der Waals surface area contributed by atoms with Crippen molar-refractivity contribution in [3.05, 3.63) is 53.9 Å². The molecule has 1 heterocycles. The Hall–Kier alpha value is -3.02. The molecule has 0 aliphatic carbocycles. The molecule has 0 saturated carbocycles. The van der Waals surface area contributed by atoms with Crippen molar-refractivity contribution in [2.45, 2.75) is 26.7 Å². The molecule has 1 N–H and O–H groups in total. The van der Waals surface area contributed by atoms with Crippen LogP contribution in [0.2, 0.25) is 0 Å². The molecule has 0 radical (unpaired) electrons. The normalized spacial score (nSPS) is 13.8. The van der Waals surface area contributed by atoms with E-state index in [1.165, 1.54) is 12.1 Å². The van der Waals surface area contributed by atoms with Crippen molar-refractivity contribution in [2.24, 2.45) is 5.92 Å². The van der Waals surface area contributed by atoms with Crippen molar-refractivity contribution in [3.63, 3.8) is 0 Å². The first-order valence-electron chi connectivity index (χ1n) is 10.3. The lowest BCUT2D eigenvalue weighted by Gasteiger charge is -2.21. The third-order valence-corrected chi connectivity index (χ3v) is 4.87. The molecule has 0 aromatic heterocycles. The number of carbonyl (C=O) groups is 1. The number of rotatable bonds is 8. The Morgan fingerprint density at radius 1 is 1.20 bits per heavy atom. The molecule has 6 heteroatoms. The van der Waals surface area contributed by atoms with Crippen LogP contribution in [0.15, 0.2) is 42.5 Å². The van der Waals surface area contributed by atoms with Crippen LogP contribution in [0.5, 0.6) is 11.5 Å². The van der Waals surface area contributed by atoms with Crippen LogP contribution in [0.25, 0.3) is 6.08 Å². The lowest BCUT2D eigenvalue weighted by molar-refractivity contribution is -0.111. The maximum absolute atomic E-state index is 14.4. The number of hydrogen-bond donors (Lipinski definition) is 1. The van der Waals surface area contributed by atoms with Crippen molar-refractivity contribution < 1.29 is 18.7 Å². The molecule has 5 nitrogen and oxygen atoms in total. The largest absolute Gasteiger partial charge is 0.493 e. The molecule has 2 aromatic carbocycles. The van der Waals surface area contributed by atoms with Gasteiger partial charge in [-0.05, 0) is 54.7 Å². The summed E-state index contributed by atoms with van der Waals surface area (Å²) < 4.78 is 25.5. The van der Waals surface area contributed by atoms with Gasteiger partial charge in [0.15, 0.2) is 11.5 Å². The molecular weight excluding hydrogens is 383 g/mol. The molecule has 1 amide bonds. The molecule has 0 spiro atoms. The van der Waals surface area contributed by atoms with Crippen molar-refractivity contribution in [1.82, 2.24) is 0 Å².